The number of hydrogen-bond acceptors (Lipinski definition) is 6. The second-order valence-corrected chi connectivity index (χ2v) is 4.08. The molecule has 6 heteroatoms. The maximum absolute atomic E-state index is 5.64. The summed E-state index contributed by atoms with van der Waals surface area (Å²) in [5.74, 6) is 5.64. The number of aromatic nitrogens is 4. The van der Waals surface area contributed by atoms with E-state index < -0.39 is 0 Å². The van der Waals surface area contributed by atoms with Gasteiger partial charge < -0.3 is 0 Å². The quantitative estimate of drug-likeness (QED) is 0.533. The van der Waals surface area contributed by atoms with Crippen molar-refractivity contribution in [3.63, 3.8) is 0 Å². The van der Waals surface area contributed by atoms with Gasteiger partial charge in [-0.2, -0.15) is 0 Å². The number of benzene rings is 1. The molecule has 0 aliphatic rings. The Morgan fingerprint density at radius 3 is 2.42 bits per heavy atom. The van der Waals surface area contributed by atoms with Crippen molar-refractivity contribution in [1.82, 2.24) is 25.4 Å². The summed E-state index contributed by atoms with van der Waals surface area (Å²) in [6.45, 7) is 0. The molecule has 3 aromatic rings. The maximum atomic E-state index is 5.64. The van der Waals surface area contributed by atoms with Gasteiger partial charge in [-0.05, 0) is 17.7 Å². The molecule has 0 radical (unpaired) electrons. The van der Waals surface area contributed by atoms with Crippen LogP contribution in [0.15, 0.2) is 49.3 Å². The minimum atomic E-state index is -0.174. The van der Waals surface area contributed by atoms with E-state index in [1.165, 1.54) is 6.33 Å². The average Bonchev–Trinajstić information content (AvgIpc) is 2.49. The number of nitrogens with two attached hydrogens (primary N) is 1. The summed E-state index contributed by atoms with van der Waals surface area (Å²) in [4.78, 5) is 16.5. The smallest absolute Gasteiger partial charge is 0.115 e. The molecular formula is C13H12N6. The average molecular weight is 252 g/mol. The van der Waals surface area contributed by atoms with E-state index in [4.69, 9.17) is 5.84 Å². The molecule has 1 aromatic carbocycles. The molecule has 0 saturated carbocycles. The largest absolute Gasteiger partial charge is 0.271 e. The Bertz CT molecular complexity index is 685. The van der Waals surface area contributed by atoms with Gasteiger partial charge >= 0.3 is 0 Å². The van der Waals surface area contributed by atoms with Gasteiger partial charge in [-0.15, -0.1) is 0 Å². The molecule has 0 amide bonds. The molecule has 3 rings (SSSR count). The van der Waals surface area contributed by atoms with E-state index in [0.717, 1.165) is 22.2 Å². The Labute approximate surface area is 109 Å². The fraction of sp³-hybridized carbons (Fsp3) is 0.0769. The van der Waals surface area contributed by atoms with Crippen molar-refractivity contribution in [3.8, 4) is 0 Å². The predicted molar refractivity (Wildman–Crippen MR) is 70.7 cm³/mol. The molecule has 0 bridgehead atoms. The first kappa shape index (κ1) is 11.6. The van der Waals surface area contributed by atoms with Crippen molar-refractivity contribution in [1.29, 1.82) is 0 Å². The zero-order chi connectivity index (χ0) is 13.1. The van der Waals surface area contributed by atoms with Crippen LogP contribution in [0.4, 0.5) is 0 Å². The zero-order valence-electron chi connectivity index (χ0n) is 10.1. The lowest BCUT2D eigenvalue weighted by Crippen LogP contribution is -2.29. The van der Waals surface area contributed by atoms with Gasteiger partial charge in [-0.25, -0.2) is 15.4 Å². The maximum Gasteiger partial charge on any atom is 0.115 e. The van der Waals surface area contributed by atoms with Crippen molar-refractivity contribution < 1.29 is 0 Å². The Morgan fingerprint density at radius 2 is 1.68 bits per heavy atom. The van der Waals surface area contributed by atoms with Crippen molar-refractivity contribution in [3.05, 3.63) is 60.4 Å². The van der Waals surface area contributed by atoms with Crippen LogP contribution >= 0.6 is 0 Å². The molecule has 2 heterocycles. The van der Waals surface area contributed by atoms with E-state index in [1.54, 1.807) is 24.8 Å². The number of hydrazine groups is 1. The summed E-state index contributed by atoms with van der Waals surface area (Å²) in [6.07, 6.45) is 8.30. The first-order valence-corrected chi connectivity index (χ1v) is 5.80. The standard InChI is InChI=1S/C13H12N6/c14-19-13(10-6-15-8-16-7-10)9-1-2-11-12(5-9)18-4-3-17-11/h1-8,13,19H,14H2. The number of nitrogens with one attached hydrogen (secondary N) is 1. The molecule has 94 valence electrons. The number of fused-ring (bicyclic) bond motifs is 1. The van der Waals surface area contributed by atoms with Crippen LogP contribution < -0.4 is 11.3 Å². The molecule has 2 aromatic heterocycles. The SMILES string of the molecule is NNC(c1cncnc1)c1ccc2nccnc2c1. The van der Waals surface area contributed by atoms with E-state index in [2.05, 4.69) is 25.4 Å². The van der Waals surface area contributed by atoms with E-state index in [0.29, 0.717) is 0 Å². The van der Waals surface area contributed by atoms with Crippen molar-refractivity contribution >= 4 is 11.0 Å². The van der Waals surface area contributed by atoms with Crippen LogP contribution in [-0.2, 0) is 0 Å². The summed E-state index contributed by atoms with van der Waals surface area (Å²) in [5, 5.41) is 0. The Hall–Kier alpha value is -2.44. The Kier molecular flexibility index (Phi) is 3.09. The molecule has 0 aliphatic carbocycles. The van der Waals surface area contributed by atoms with Crippen LogP contribution in [0.25, 0.3) is 11.0 Å². The van der Waals surface area contributed by atoms with Crippen LogP contribution in [0.2, 0.25) is 0 Å². The topological polar surface area (TPSA) is 89.6 Å². The highest BCUT2D eigenvalue weighted by Gasteiger charge is 2.13. The molecule has 1 atom stereocenters. The highest BCUT2D eigenvalue weighted by atomic mass is 15.2. The summed E-state index contributed by atoms with van der Waals surface area (Å²) in [6, 6.07) is 5.67. The summed E-state index contributed by atoms with van der Waals surface area (Å²) in [7, 11) is 0. The van der Waals surface area contributed by atoms with E-state index in [1.807, 2.05) is 18.2 Å². The minimum Gasteiger partial charge on any atom is -0.271 e. The van der Waals surface area contributed by atoms with Gasteiger partial charge in [0.1, 0.15) is 6.33 Å². The summed E-state index contributed by atoms with van der Waals surface area (Å²) < 4.78 is 0. The third-order valence-corrected chi connectivity index (χ3v) is 2.91. The second-order valence-electron chi connectivity index (χ2n) is 4.08. The number of nitrogens with zero attached hydrogens (tertiary/aromatic N) is 4. The van der Waals surface area contributed by atoms with Crippen molar-refractivity contribution in [2.24, 2.45) is 5.84 Å². The van der Waals surface area contributed by atoms with Crippen LogP contribution in [0, 0.1) is 0 Å². The van der Waals surface area contributed by atoms with Gasteiger partial charge in [0.15, 0.2) is 0 Å². The normalized spacial score (nSPS) is 12.5. The summed E-state index contributed by atoms with van der Waals surface area (Å²) in [5.41, 5.74) is 6.34. The Morgan fingerprint density at radius 1 is 0.947 bits per heavy atom. The van der Waals surface area contributed by atoms with Crippen LogP contribution in [-0.4, -0.2) is 19.9 Å². The lowest BCUT2D eigenvalue weighted by Gasteiger charge is -2.16. The highest BCUT2D eigenvalue weighted by Crippen LogP contribution is 2.22. The molecule has 19 heavy (non-hydrogen) atoms. The highest BCUT2D eigenvalue weighted by molar-refractivity contribution is 5.74. The molecule has 6 nitrogen and oxygen atoms in total. The number of rotatable bonds is 3. The van der Waals surface area contributed by atoms with Crippen LogP contribution in [0.3, 0.4) is 0 Å². The van der Waals surface area contributed by atoms with Gasteiger partial charge in [0.2, 0.25) is 0 Å². The first-order chi connectivity index (χ1) is 9.38. The van der Waals surface area contributed by atoms with E-state index in [-0.39, 0.29) is 6.04 Å². The molecule has 0 saturated heterocycles. The summed E-state index contributed by atoms with van der Waals surface area (Å²) >= 11 is 0. The first-order valence-electron chi connectivity index (χ1n) is 5.80. The zero-order valence-corrected chi connectivity index (χ0v) is 10.1. The molecule has 0 aliphatic heterocycles. The fourth-order valence-electron chi connectivity index (χ4n) is 2.00. The van der Waals surface area contributed by atoms with E-state index in [9.17, 15) is 0 Å². The molecule has 0 fully saturated rings. The van der Waals surface area contributed by atoms with Gasteiger partial charge in [0, 0.05) is 30.4 Å². The van der Waals surface area contributed by atoms with Gasteiger partial charge in [-0.3, -0.25) is 15.8 Å². The van der Waals surface area contributed by atoms with Crippen LogP contribution in [0.5, 0.6) is 0 Å². The Balaban J connectivity index is 2.06. The third kappa shape index (κ3) is 2.26. The monoisotopic (exact) mass is 252 g/mol. The number of hydrogen-bond donors (Lipinski definition) is 2. The fourth-order valence-corrected chi connectivity index (χ4v) is 2.00. The minimum absolute atomic E-state index is 0.174. The van der Waals surface area contributed by atoms with Crippen LogP contribution in [0.1, 0.15) is 17.2 Å². The molecule has 0 spiro atoms. The molecule has 1 unspecified atom stereocenters. The van der Waals surface area contributed by atoms with Gasteiger partial charge in [-0.1, -0.05) is 6.07 Å². The lowest BCUT2D eigenvalue weighted by atomic mass is 10.0. The third-order valence-electron chi connectivity index (χ3n) is 2.91. The lowest BCUT2D eigenvalue weighted by molar-refractivity contribution is 0.632. The molecular weight excluding hydrogens is 240 g/mol. The van der Waals surface area contributed by atoms with Crippen molar-refractivity contribution in [2.45, 2.75) is 6.04 Å². The van der Waals surface area contributed by atoms with Crippen molar-refractivity contribution in [2.75, 3.05) is 0 Å². The predicted octanol–water partition coefficient (Wildman–Crippen LogP) is 0.972. The van der Waals surface area contributed by atoms with E-state index >= 15 is 0 Å². The molecule has 3 N–H and O–H groups in total. The second kappa shape index (κ2) is 5.05. The van der Waals surface area contributed by atoms with Gasteiger partial charge in [0.05, 0.1) is 17.1 Å². The van der Waals surface area contributed by atoms with Gasteiger partial charge in [0.25, 0.3) is 0 Å².